The van der Waals surface area contributed by atoms with Crippen molar-refractivity contribution in [1.29, 1.82) is 0 Å². The SMILES string of the molecule is CC1=Nc2c(c(=O)[nH]n2C2CCCCC2)[C@H](c2ccc3c(c2)OCCO3)S1. The smallest absolute Gasteiger partial charge is 0.271 e. The number of nitrogens with zero attached hydrogens (tertiary/aromatic N) is 2. The highest BCUT2D eigenvalue weighted by molar-refractivity contribution is 8.14. The standard InChI is InChI=1S/C20H23N3O3S/c1-12-21-19-17(20(24)22-23(19)14-5-3-2-4-6-14)18(27-12)13-7-8-15-16(11-13)26-10-9-25-15/h7-8,11,14,18H,2-6,9-10H2,1H3,(H,22,24)/t18-/m0/s1. The number of hydrogen-bond donors (Lipinski definition) is 1. The minimum Gasteiger partial charge on any atom is -0.486 e. The largest absolute Gasteiger partial charge is 0.486 e. The summed E-state index contributed by atoms with van der Waals surface area (Å²) in [6.07, 6.45) is 5.91. The van der Waals surface area contributed by atoms with E-state index in [2.05, 4.69) is 5.10 Å². The molecule has 27 heavy (non-hydrogen) atoms. The number of thioether (sulfide) groups is 1. The molecule has 1 aromatic carbocycles. The van der Waals surface area contributed by atoms with Crippen molar-refractivity contribution in [3.8, 4) is 11.5 Å². The van der Waals surface area contributed by atoms with Gasteiger partial charge in [-0.15, -0.1) is 0 Å². The number of hydrogen-bond acceptors (Lipinski definition) is 5. The lowest BCUT2D eigenvalue weighted by atomic mass is 9.95. The van der Waals surface area contributed by atoms with E-state index in [1.165, 1.54) is 19.3 Å². The highest BCUT2D eigenvalue weighted by atomic mass is 32.2. The van der Waals surface area contributed by atoms with Crippen molar-refractivity contribution >= 4 is 22.6 Å². The average Bonchev–Trinajstić information content (AvgIpc) is 3.04. The number of H-pyrrole nitrogens is 1. The molecule has 5 rings (SSSR count). The zero-order chi connectivity index (χ0) is 18.4. The first-order valence-corrected chi connectivity index (χ1v) is 10.5. The number of aromatic nitrogens is 2. The summed E-state index contributed by atoms with van der Waals surface area (Å²) in [4.78, 5) is 17.7. The van der Waals surface area contributed by atoms with Crippen LogP contribution in [0.15, 0.2) is 28.0 Å². The van der Waals surface area contributed by atoms with E-state index in [0.717, 1.165) is 46.3 Å². The molecule has 0 radical (unpaired) electrons. The van der Waals surface area contributed by atoms with Crippen molar-refractivity contribution in [2.24, 2.45) is 4.99 Å². The molecule has 1 aromatic heterocycles. The van der Waals surface area contributed by atoms with Crippen molar-refractivity contribution in [1.82, 2.24) is 9.78 Å². The van der Waals surface area contributed by atoms with E-state index in [0.29, 0.717) is 19.3 Å². The van der Waals surface area contributed by atoms with E-state index in [1.807, 2.05) is 29.8 Å². The number of fused-ring (bicyclic) bond motifs is 2. The van der Waals surface area contributed by atoms with E-state index < -0.39 is 0 Å². The molecule has 1 fully saturated rings. The molecule has 1 saturated carbocycles. The molecule has 2 aliphatic heterocycles. The molecule has 6 nitrogen and oxygen atoms in total. The number of nitrogens with one attached hydrogen (secondary N) is 1. The summed E-state index contributed by atoms with van der Waals surface area (Å²) in [6, 6.07) is 6.32. The van der Waals surface area contributed by atoms with Crippen LogP contribution in [-0.2, 0) is 0 Å². The summed E-state index contributed by atoms with van der Waals surface area (Å²) in [5, 5.41) is 3.99. The average molecular weight is 385 g/mol. The van der Waals surface area contributed by atoms with Gasteiger partial charge in [-0.05, 0) is 37.5 Å². The fourth-order valence-corrected chi connectivity index (χ4v) is 5.36. The Hall–Kier alpha value is -2.15. The first-order valence-electron chi connectivity index (χ1n) is 9.66. The van der Waals surface area contributed by atoms with Gasteiger partial charge in [-0.2, -0.15) is 0 Å². The molecule has 3 heterocycles. The summed E-state index contributed by atoms with van der Waals surface area (Å²) in [7, 11) is 0. The Labute approximate surface area is 161 Å². The van der Waals surface area contributed by atoms with Gasteiger partial charge < -0.3 is 9.47 Å². The molecule has 2 aromatic rings. The summed E-state index contributed by atoms with van der Waals surface area (Å²) in [6.45, 7) is 3.14. The van der Waals surface area contributed by atoms with Crippen LogP contribution in [-0.4, -0.2) is 28.0 Å². The van der Waals surface area contributed by atoms with Crippen molar-refractivity contribution in [3.05, 3.63) is 39.7 Å². The zero-order valence-electron chi connectivity index (χ0n) is 15.4. The van der Waals surface area contributed by atoms with Gasteiger partial charge in [0.25, 0.3) is 5.56 Å². The Morgan fingerprint density at radius 3 is 2.74 bits per heavy atom. The molecule has 1 aliphatic carbocycles. The number of ether oxygens (including phenoxy) is 2. The lowest BCUT2D eigenvalue weighted by Gasteiger charge is -2.26. The maximum absolute atomic E-state index is 12.9. The van der Waals surface area contributed by atoms with Crippen LogP contribution in [0.1, 0.15) is 61.4 Å². The molecule has 0 bridgehead atoms. The Morgan fingerprint density at radius 2 is 1.93 bits per heavy atom. The highest BCUT2D eigenvalue weighted by Crippen LogP contribution is 2.46. The summed E-state index contributed by atoms with van der Waals surface area (Å²) in [5.41, 5.74) is 1.78. The van der Waals surface area contributed by atoms with Gasteiger partial charge in [-0.3, -0.25) is 14.6 Å². The van der Waals surface area contributed by atoms with Gasteiger partial charge in [0, 0.05) is 0 Å². The Balaban J connectivity index is 1.58. The van der Waals surface area contributed by atoms with Crippen LogP contribution in [0.25, 0.3) is 0 Å². The van der Waals surface area contributed by atoms with Crippen LogP contribution in [0.3, 0.4) is 0 Å². The maximum Gasteiger partial charge on any atom is 0.271 e. The fourth-order valence-electron chi connectivity index (χ4n) is 4.27. The predicted molar refractivity (Wildman–Crippen MR) is 107 cm³/mol. The Bertz CT molecular complexity index is 956. The van der Waals surface area contributed by atoms with Crippen LogP contribution < -0.4 is 15.0 Å². The lowest BCUT2D eigenvalue weighted by Crippen LogP contribution is -2.17. The number of aromatic amines is 1. The van der Waals surface area contributed by atoms with Crippen LogP contribution in [0, 0.1) is 0 Å². The van der Waals surface area contributed by atoms with Gasteiger partial charge in [-0.25, -0.2) is 4.99 Å². The van der Waals surface area contributed by atoms with Gasteiger partial charge >= 0.3 is 0 Å². The molecule has 1 atom stereocenters. The van der Waals surface area contributed by atoms with Gasteiger partial charge in [0.2, 0.25) is 0 Å². The summed E-state index contributed by atoms with van der Waals surface area (Å²) in [5.74, 6) is 2.33. The third-order valence-electron chi connectivity index (χ3n) is 5.56. The molecule has 3 aliphatic rings. The predicted octanol–water partition coefficient (Wildman–Crippen LogP) is 4.34. The summed E-state index contributed by atoms with van der Waals surface area (Å²) < 4.78 is 13.4. The van der Waals surface area contributed by atoms with Gasteiger partial charge in [0.15, 0.2) is 17.3 Å². The Kier molecular flexibility index (Phi) is 4.27. The molecule has 142 valence electrons. The molecular weight excluding hydrogens is 362 g/mol. The second-order valence-corrected chi connectivity index (χ2v) is 8.67. The number of benzene rings is 1. The quantitative estimate of drug-likeness (QED) is 0.835. The second-order valence-electron chi connectivity index (χ2n) is 7.37. The summed E-state index contributed by atoms with van der Waals surface area (Å²) >= 11 is 1.63. The third kappa shape index (κ3) is 2.98. The second kappa shape index (κ2) is 6.78. The van der Waals surface area contributed by atoms with Gasteiger partial charge in [0.05, 0.1) is 21.9 Å². The van der Waals surface area contributed by atoms with Crippen LogP contribution in [0.2, 0.25) is 0 Å². The third-order valence-corrected chi connectivity index (χ3v) is 6.73. The molecule has 0 saturated heterocycles. The first kappa shape index (κ1) is 17.0. The molecule has 1 N–H and O–H groups in total. The minimum atomic E-state index is -0.0816. The fraction of sp³-hybridized carbons (Fsp3) is 0.500. The minimum absolute atomic E-state index is 0.0285. The normalized spacial score (nSPS) is 22.3. The monoisotopic (exact) mass is 385 g/mol. The Morgan fingerprint density at radius 1 is 1.15 bits per heavy atom. The first-order chi connectivity index (χ1) is 13.2. The van der Waals surface area contributed by atoms with E-state index in [-0.39, 0.29) is 10.8 Å². The molecule has 0 unspecified atom stereocenters. The van der Waals surface area contributed by atoms with Crippen molar-refractivity contribution in [3.63, 3.8) is 0 Å². The van der Waals surface area contributed by atoms with E-state index >= 15 is 0 Å². The van der Waals surface area contributed by atoms with Crippen LogP contribution in [0.4, 0.5) is 5.82 Å². The van der Waals surface area contributed by atoms with E-state index in [9.17, 15) is 4.79 Å². The molecule has 7 heteroatoms. The topological polar surface area (TPSA) is 68.6 Å². The number of aliphatic imine (C=N–C) groups is 1. The van der Waals surface area contributed by atoms with E-state index in [4.69, 9.17) is 14.5 Å². The molecule has 0 amide bonds. The molecular formula is C20H23N3O3S. The van der Waals surface area contributed by atoms with Crippen molar-refractivity contribution in [2.45, 2.75) is 50.3 Å². The van der Waals surface area contributed by atoms with Gasteiger partial charge in [-0.1, -0.05) is 37.1 Å². The number of rotatable bonds is 2. The zero-order valence-corrected chi connectivity index (χ0v) is 16.2. The van der Waals surface area contributed by atoms with E-state index in [1.54, 1.807) is 11.8 Å². The lowest BCUT2D eigenvalue weighted by molar-refractivity contribution is 0.171. The maximum atomic E-state index is 12.9. The van der Waals surface area contributed by atoms with Crippen LogP contribution in [0.5, 0.6) is 11.5 Å². The highest BCUT2D eigenvalue weighted by Gasteiger charge is 2.32. The van der Waals surface area contributed by atoms with Crippen molar-refractivity contribution < 1.29 is 9.47 Å². The molecule has 0 spiro atoms. The van der Waals surface area contributed by atoms with Crippen LogP contribution >= 0.6 is 11.8 Å². The van der Waals surface area contributed by atoms with Gasteiger partial charge in [0.1, 0.15) is 13.2 Å². The van der Waals surface area contributed by atoms with Crippen molar-refractivity contribution in [2.75, 3.05) is 13.2 Å².